The van der Waals surface area contributed by atoms with Crippen LogP contribution in [-0.2, 0) is 14.3 Å². The minimum Gasteiger partial charge on any atom is -0.480 e. The Bertz CT molecular complexity index is 404. The van der Waals surface area contributed by atoms with Crippen molar-refractivity contribution in [1.82, 2.24) is 10.2 Å². The van der Waals surface area contributed by atoms with Gasteiger partial charge in [-0.3, -0.25) is 4.79 Å². The third kappa shape index (κ3) is 3.83. The number of ether oxygens (including phenoxy) is 1. The molecule has 1 saturated heterocycles. The number of morpholine rings is 1. The standard InChI is InChI=1S/C12H21N3O5/c1-12(2,3)8(10(17)18)14-11(19)15-4-5-20-6-7(15)9(13)16/h7-8H,4-6H2,1-3H3,(H2,13,16)(H,14,19)(H,17,18)/t7?,8-/m1/s1. The van der Waals surface area contributed by atoms with Crippen LogP contribution in [-0.4, -0.2) is 59.8 Å². The largest absolute Gasteiger partial charge is 0.480 e. The Morgan fingerprint density at radius 2 is 2.00 bits per heavy atom. The van der Waals surface area contributed by atoms with E-state index in [2.05, 4.69) is 5.32 Å². The highest BCUT2D eigenvalue weighted by molar-refractivity contribution is 5.88. The van der Waals surface area contributed by atoms with Gasteiger partial charge in [0.15, 0.2) is 0 Å². The molecule has 4 N–H and O–H groups in total. The molecule has 3 amide bonds. The number of carboxylic acids is 1. The van der Waals surface area contributed by atoms with Gasteiger partial charge in [0.25, 0.3) is 0 Å². The van der Waals surface area contributed by atoms with Crippen LogP contribution in [0.15, 0.2) is 0 Å². The SMILES string of the molecule is CC(C)(C)[C@H](NC(=O)N1CCOCC1C(N)=O)C(=O)O. The van der Waals surface area contributed by atoms with Gasteiger partial charge in [-0.1, -0.05) is 20.8 Å². The first-order valence-electron chi connectivity index (χ1n) is 6.31. The summed E-state index contributed by atoms with van der Waals surface area (Å²) in [4.78, 5) is 35.9. The normalized spacial score (nSPS) is 21.1. The van der Waals surface area contributed by atoms with Crippen molar-refractivity contribution in [3.05, 3.63) is 0 Å². The van der Waals surface area contributed by atoms with E-state index in [9.17, 15) is 19.5 Å². The average Bonchev–Trinajstić information content (AvgIpc) is 2.33. The molecule has 1 rings (SSSR count). The van der Waals surface area contributed by atoms with Gasteiger partial charge in [-0.2, -0.15) is 0 Å². The van der Waals surface area contributed by atoms with Crippen LogP contribution in [0.25, 0.3) is 0 Å². The van der Waals surface area contributed by atoms with Crippen molar-refractivity contribution in [2.24, 2.45) is 11.1 Å². The third-order valence-corrected chi connectivity index (χ3v) is 3.10. The van der Waals surface area contributed by atoms with E-state index in [1.807, 2.05) is 0 Å². The van der Waals surface area contributed by atoms with E-state index in [1.165, 1.54) is 4.90 Å². The Labute approximate surface area is 117 Å². The first kappa shape index (κ1) is 16.2. The molecule has 0 radical (unpaired) electrons. The van der Waals surface area contributed by atoms with E-state index < -0.39 is 35.4 Å². The van der Waals surface area contributed by atoms with Crippen LogP contribution in [0.5, 0.6) is 0 Å². The number of nitrogens with two attached hydrogens (primary N) is 1. The van der Waals surface area contributed by atoms with Gasteiger partial charge in [0, 0.05) is 6.54 Å². The molecule has 0 spiro atoms. The van der Waals surface area contributed by atoms with E-state index in [4.69, 9.17) is 10.5 Å². The second-order valence-electron chi connectivity index (χ2n) is 5.77. The van der Waals surface area contributed by atoms with E-state index in [1.54, 1.807) is 20.8 Å². The molecule has 0 aliphatic carbocycles. The molecular formula is C12H21N3O5. The van der Waals surface area contributed by atoms with Crippen molar-refractivity contribution in [2.45, 2.75) is 32.9 Å². The van der Waals surface area contributed by atoms with Gasteiger partial charge in [-0.05, 0) is 5.41 Å². The molecule has 1 aliphatic rings. The van der Waals surface area contributed by atoms with Crippen molar-refractivity contribution < 1.29 is 24.2 Å². The Morgan fingerprint density at radius 1 is 1.40 bits per heavy atom. The number of carboxylic acid groups (broad SMARTS) is 1. The first-order valence-corrected chi connectivity index (χ1v) is 6.31. The van der Waals surface area contributed by atoms with Gasteiger partial charge in [0.1, 0.15) is 12.1 Å². The second kappa shape index (κ2) is 6.08. The van der Waals surface area contributed by atoms with E-state index >= 15 is 0 Å². The number of urea groups is 1. The Balaban J connectivity index is 2.82. The number of hydrogen-bond donors (Lipinski definition) is 3. The Hall–Kier alpha value is -1.83. The van der Waals surface area contributed by atoms with Crippen molar-refractivity contribution in [3.8, 4) is 0 Å². The monoisotopic (exact) mass is 287 g/mol. The highest BCUT2D eigenvalue weighted by atomic mass is 16.5. The number of carbonyl (C=O) groups excluding carboxylic acids is 2. The van der Waals surface area contributed by atoms with Crippen molar-refractivity contribution in [1.29, 1.82) is 0 Å². The number of primary amides is 1. The topological polar surface area (TPSA) is 122 Å². The molecule has 0 aromatic carbocycles. The minimum absolute atomic E-state index is 0.0238. The smallest absolute Gasteiger partial charge is 0.326 e. The summed E-state index contributed by atoms with van der Waals surface area (Å²) in [5.41, 5.74) is 4.56. The first-order chi connectivity index (χ1) is 9.14. The fourth-order valence-corrected chi connectivity index (χ4v) is 1.94. The number of carbonyl (C=O) groups is 3. The molecule has 2 atom stereocenters. The van der Waals surface area contributed by atoms with Crippen molar-refractivity contribution >= 4 is 17.9 Å². The number of aliphatic carboxylic acids is 1. The summed E-state index contributed by atoms with van der Waals surface area (Å²) in [6, 6.07) is -2.57. The van der Waals surface area contributed by atoms with Crippen LogP contribution in [0.2, 0.25) is 0 Å². The molecule has 1 fully saturated rings. The number of nitrogens with one attached hydrogen (secondary N) is 1. The van der Waals surface area contributed by atoms with E-state index in [0.29, 0.717) is 0 Å². The van der Waals surface area contributed by atoms with Crippen LogP contribution >= 0.6 is 0 Å². The molecule has 0 saturated carbocycles. The average molecular weight is 287 g/mol. The maximum atomic E-state index is 12.2. The van der Waals surface area contributed by atoms with Crippen molar-refractivity contribution in [3.63, 3.8) is 0 Å². The summed E-state index contributed by atoms with van der Waals surface area (Å²) < 4.78 is 5.10. The molecule has 8 heteroatoms. The zero-order valence-electron chi connectivity index (χ0n) is 11.9. The van der Waals surface area contributed by atoms with Gasteiger partial charge in [-0.25, -0.2) is 9.59 Å². The fourth-order valence-electron chi connectivity index (χ4n) is 1.94. The number of nitrogens with zero attached hydrogens (tertiary/aromatic N) is 1. The predicted molar refractivity (Wildman–Crippen MR) is 69.9 cm³/mol. The molecule has 1 heterocycles. The van der Waals surface area contributed by atoms with Gasteiger partial charge in [0.05, 0.1) is 13.2 Å². The number of hydrogen-bond acceptors (Lipinski definition) is 4. The van der Waals surface area contributed by atoms with Crippen LogP contribution in [0.4, 0.5) is 4.79 Å². The highest BCUT2D eigenvalue weighted by Gasteiger charge is 2.37. The van der Waals surface area contributed by atoms with Gasteiger partial charge >= 0.3 is 12.0 Å². The molecule has 114 valence electrons. The highest BCUT2D eigenvalue weighted by Crippen LogP contribution is 2.20. The zero-order valence-corrected chi connectivity index (χ0v) is 11.9. The van der Waals surface area contributed by atoms with E-state index in [0.717, 1.165) is 0 Å². The summed E-state index contributed by atoms with van der Waals surface area (Å²) in [5, 5.41) is 11.6. The molecule has 1 aliphatic heterocycles. The lowest BCUT2D eigenvalue weighted by Gasteiger charge is -2.36. The lowest BCUT2D eigenvalue weighted by Crippen LogP contribution is -2.60. The molecule has 8 nitrogen and oxygen atoms in total. The summed E-state index contributed by atoms with van der Waals surface area (Å²) in [6.45, 7) is 5.61. The van der Waals surface area contributed by atoms with Gasteiger partial charge in [0.2, 0.25) is 5.91 Å². The van der Waals surface area contributed by atoms with Crippen LogP contribution < -0.4 is 11.1 Å². The minimum atomic E-state index is -1.13. The third-order valence-electron chi connectivity index (χ3n) is 3.10. The number of amides is 3. The quantitative estimate of drug-likeness (QED) is 0.638. The molecule has 1 unspecified atom stereocenters. The van der Waals surface area contributed by atoms with Crippen LogP contribution in [0, 0.1) is 5.41 Å². The fraction of sp³-hybridized carbons (Fsp3) is 0.750. The summed E-state index contributed by atoms with van der Waals surface area (Å²) >= 11 is 0. The molecule has 0 bridgehead atoms. The molecular weight excluding hydrogens is 266 g/mol. The zero-order chi connectivity index (χ0) is 15.5. The van der Waals surface area contributed by atoms with Gasteiger partial charge in [-0.15, -0.1) is 0 Å². The molecule has 20 heavy (non-hydrogen) atoms. The Morgan fingerprint density at radius 3 is 2.45 bits per heavy atom. The maximum Gasteiger partial charge on any atom is 0.326 e. The van der Waals surface area contributed by atoms with Gasteiger partial charge < -0.3 is 25.8 Å². The summed E-state index contributed by atoms with van der Waals surface area (Å²) in [7, 11) is 0. The molecule has 0 aromatic heterocycles. The van der Waals surface area contributed by atoms with E-state index in [-0.39, 0.29) is 19.8 Å². The predicted octanol–water partition coefficient (Wildman–Crippen LogP) is -0.619. The second-order valence-corrected chi connectivity index (χ2v) is 5.77. The summed E-state index contributed by atoms with van der Waals surface area (Å²) in [5.74, 6) is -1.81. The van der Waals surface area contributed by atoms with Crippen LogP contribution in [0.1, 0.15) is 20.8 Å². The Kier molecular flexibility index (Phi) is 4.93. The number of rotatable bonds is 3. The molecule has 0 aromatic rings. The summed E-state index contributed by atoms with van der Waals surface area (Å²) in [6.07, 6.45) is 0. The lowest BCUT2D eigenvalue weighted by molar-refractivity contribution is -0.142. The lowest BCUT2D eigenvalue weighted by atomic mass is 9.87. The maximum absolute atomic E-state index is 12.2. The van der Waals surface area contributed by atoms with Crippen LogP contribution in [0.3, 0.4) is 0 Å². The van der Waals surface area contributed by atoms with Crippen molar-refractivity contribution in [2.75, 3.05) is 19.8 Å².